The zero-order valence-electron chi connectivity index (χ0n) is 15.2. The molecule has 1 N–H and O–H groups in total. The molecule has 0 spiro atoms. The Kier molecular flexibility index (Phi) is 8.06. The van der Waals surface area contributed by atoms with Gasteiger partial charge < -0.3 is 4.74 Å². The van der Waals surface area contributed by atoms with Gasteiger partial charge in [-0.25, -0.2) is 8.93 Å². The van der Waals surface area contributed by atoms with Crippen LogP contribution in [0.2, 0.25) is 0 Å². The lowest BCUT2D eigenvalue weighted by molar-refractivity contribution is 0.214. The molecule has 0 aliphatic carbocycles. The van der Waals surface area contributed by atoms with Crippen LogP contribution in [-0.2, 0) is 15.7 Å². The molecular weight excluding hydrogens is 342 g/mol. The minimum Gasteiger partial charge on any atom is -0.496 e. The van der Waals surface area contributed by atoms with E-state index in [2.05, 4.69) is 11.3 Å². The van der Waals surface area contributed by atoms with Gasteiger partial charge in [0, 0.05) is 0 Å². The Labute approximate surface area is 158 Å². The van der Waals surface area contributed by atoms with E-state index in [0.29, 0.717) is 12.4 Å². The highest BCUT2D eigenvalue weighted by Gasteiger charge is 2.16. The Bertz CT molecular complexity index is 780. The number of hydrogen-bond acceptors (Lipinski definition) is 2. The van der Waals surface area contributed by atoms with Gasteiger partial charge in [0.25, 0.3) is 0 Å². The molecule has 26 heavy (non-hydrogen) atoms. The predicted octanol–water partition coefficient (Wildman–Crippen LogP) is 4.80. The number of benzene rings is 2. The summed E-state index contributed by atoms with van der Waals surface area (Å²) in [6.07, 6.45) is 7.40. The fraction of sp³-hybridized carbons (Fsp3) is 0.182. The Balaban J connectivity index is 2.25. The summed E-state index contributed by atoms with van der Waals surface area (Å²) in [4.78, 5) is 0.725. The van der Waals surface area contributed by atoms with Crippen LogP contribution in [0.15, 0.2) is 90.1 Å². The Morgan fingerprint density at radius 2 is 1.88 bits per heavy atom. The quantitative estimate of drug-likeness (QED) is 0.511. The molecule has 0 saturated heterocycles. The smallest absolute Gasteiger partial charge is 0.125 e. The summed E-state index contributed by atoms with van der Waals surface area (Å²) in [6.45, 7) is 8.20. The van der Waals surface area contributed by atoms with Gasteiger partial charge in [-0.15, -0.1) is 0 Å². The second kappa shape index (κ2) is 10.5. The molecule has 0 aromatic heterocycles. The summed E-state index contributed by atoms with van der Waals surface area (Å²) in [5.74, 6) is 0.676. The lowest BCUT2D eigenvalue weighted by atomic mass is 10.1. The molecule has 2 atom stereocenters. The third-order valence-corrected chi connectivity index (χ3v) is 4.82. The van der Waals surface area contributed by atoms with Crippen molar-refractivity contribution < 1.29 is 8.95 Å². The molecular formula is C22H25NO2S. The number of allylic oxidation sites excluding steroid dienone is 2. The Morgan fingerprint density at radius 3 is 2.50 bits per heavy atom. The fourth-order valence-corrected chi connectivity index (χ4v) is 3.28. The molecule has 136 valence electrons. The van der Waals surface area contributed by atoms with Crippen LogP contribution < -0.4 is 4.72 Å². The normalized spacial score (nSPS) is 14.2. The molecule has 0 aliphatic heterocycles. The highest BCUT2D eigenvalue weighted by molar-refractivity contribution is 7.83. The summed E-state index contributed by atoms with van der Waals surface area (Å²) in [7, 11) is -1.36. The number of rotatable bonds is 9. The first-order valence-corrected chi connectivity index (χ1v) is 9.72. The molecule has 0 unspecified atom stereocenters. The van der Waals surface area contributed by atoms with E-state index >= 15 is 0 Å². The van der Waals surface area contributed by atoms with Gasteiger partial charge in [0.2, 0.25) is 0 Å². The van der Waals surface area contributed by atoms with Gasteiger partial charge in [-0.2, -0.15) is 0 Å². The molecule has 2 aromatic rings. The molecule has 2 aromatic carbocycles. The topological polar surface area (TPSA) is 38.3 Å². The van der Waals surface area contributed by atoms with Crippen LogP contribution in [0.1, 0.15) is 18.1 Å². The van der Waals surface area contributed by atoms with E-state index in [9.17, 15) is 4.21 Å². The number of ether oxygens (including phenoxy) is 1. The van der Waals surface area contributed by atoms with E-state index in [0.717, 1.165) is 16.0 Å². The SMILES string of the molecule is C=C/C=C(/OCC)[C@@H](/C=C/c1ccccc1)N[S@@](=O)c1ccc(C)cc1. The van der Waals surface area contributed by atoms with Crippen LogP contribution in [-0.4, -0.2) is 16.9 Å². The molecule has 3 nitrogen and oxygen atoms in total. The van der Waals surface area contributed by atoms with E-state index in [1.54, 1.807) is 12.2 Å². The zero-order valence-corrected chi connectivity index (χ0v) is 16.0. The van der Waals surface area contributed by atoms with Gasteiger partial charge >= 0.3 is 0 Å². The summed E-state index contributed by atoms with van der Waals surface area (Å²) in [6, 6.07) is 17.3. The molecule has 4 heteroatoms. The van der Waals surface area contributed by atoms with Crippen molar-refractivity contribution in [2.45, 2.75) is 24.8 Å². The molecule has 0 aliphatic rings. The first-order valence-electron chi connectivity index (χ1n) is 8.57. The van der Waals surface area contributed by atoms with Crippen molar-refractivity contribution in [3.05, 3.63) is 96.3 Å². The molecule has 0 saturated carbocycles. The Hall–Kier alpha value is -2.43. The maximum Gasteiger partial charge on any atom is 0.125 e. The predicted molar refractivity (Wildman–Crippen MR) is 110 cm³/mol. The number of nitrogens with one attached hydrogen (secondary N) is 1. The van der Waals surface area contributed by atoms with E-state index in [1.807, 2.05) is 80.6 Å². The van der Waals surface area contributed by atoms with Crippen molar-refractivity contribution >= 4 is 17.1 Å². The maximum atomic E-state index is 12.7. The maximum absolute atomic E-state index is 12.7. The summed E-state index contributed by atoms with van der Waals surface area (Å²) < 4.78 is 21.6. The second-order valence-corrected chi connectivity index (χ2v) is 6.93. The number of aryl methyl sites for hydroxylation is 1. The van der Waals surface area contributed by atoms with Gasteiger partial charge in [0.1, 0.15) is 16.7 Å². The lowest BCUT2D eigenvalue weighted by Crippen LogP contribution is -2.32. The summed E-state index contributed by atoms with van der Waals surface area (Å²) in [5.41, 5.74) is 2.20. The average Bonchev–Trinajstić information content (AvgIpc) is 2.66. The van der Waals surface area contributed by atoms with Crippen molar-refractivity contribution in [1.29, 1.82) is 0 Å². The van der Waals surface area contributed by atoms with Crippen LogP contribution in [0.5, 0.6) is 0 Å². The lowest BCUT2D eigenvalue weighted by Gasteiger charge is -2.18. The third kappa shape index (κ3) is 6.14. The minimum absolute atomic E-state index is 0.338. The molecule has 2 rings (SSSR count). The van der Waals surface area contributed by atoms with Crippen LogP contribution in [0.3, 0.4) is 0 Å². The number of hydrogen-bond donors (Lipinski definition) is 1. The van der Waals surface area contributed by atoms with E-state index in [-0.39, 0.29) is 6.04 Å². The molecule has 0 fully saturated rings. The average molecular weight is 368 g/mol. The van der Waals surface area contributed by atoms with Crippen molar-refractivity contribution in [2.24, 2.45) is 0 Å². The van der Waals surface area contributed by atoms with E-state index in [4.69, 9.17) is 4.74 Å². The van der Waals surface area contributed by atoms with Crippen molar-refractivity contribution in [1.82, 2.24) is 4.72 Å². The molecule has 0 heterocycles. The standard InChI is InChI=1S/C22H25NO2S/c1-4-9-22(25-5-2)21(17-14-19-10-7-6-8-11-19)23-26(24)20-15-12-18(3)13-16-20/h4,6-17,21,23H,1,5H2,2-3H3/b17-14+,22-9+/t21-,26+/m1/s1. The van der Waals surface area contributed by atoms with Crippen LogP contribution >= 0.6 is 0 Å². The first kappa shape index (κ1) is 19.9. The van der Waals surface area contributed by atoms with E-state index < -0.39 is 11.0 Å². The van der Waals surface area contributed by atoms with Crippen LogP contribution in [0.4, 0.5) is 0 Å². The second-order valence-electron chi connectivity index (χ2n) is 5.68. The largest absolute Gasteiger partial charge is 0.496 e. The van der Waals surface area contributed by atoms with Gasteiger partial charge in [-0.1, -0.05) is 72.8 Å². The van der Waals surface area contributed by atoms with Gasteiger partial charge in [-0.05, 0) is 37.6 Å². The van der Waals surface area contributed by atoms with Gasteiger partial charge in [0.15, 0.2) is 0 Å². The van der Waals surface area contributed by atoms with Gasteiger partial charge in [-0.3, -0.25) is 0 Å². The van der Waals surface area contributed by atoms with Crippen LogP contribution in [0, 0.1) is 6.92 Å². The fourth-order valence-electron chi connectivity index (χ4n) is 2.33. The zero-order chi connectivity index (χ0) is 18.8. The monoisotopic (exact) mass is 367 g/mol. The first-order chi connectivity index (χ1) is 12.6. The highest BCUT2D eigenvalue weighted by atomic mass is 32.2. The third-order valence-electron chi connectivity index (χ3n) is 3.65. The molecule has 0 amide bonds. The van der Waals surface area contributed by atoms with Crippen LogP contribution in [0.25, 0.3) is 6.08 Å². The highest BCUT2D eigenvalue weighted by Crippen LogP contribution is 2.14. The molecule has 0 radical (unpaired) electrons. The Morgan fingerprint density at radius 1 is 1.19 bits per heavy atom. The molecule has 0 bridgehead atoms. The van der Waals surface area contributed by atoms with Crippen molar-refractivity contribution in [3.63, 3.8) is 0 Å². The van der Waals surface area contributed by atoms with Crippen molar-refractivity contribution in [3.8, 4) is 0 Å². The van der Waals surface area contributed by atoms with E-state index in [1.165, 1.54) is 0 Å². The minimum atomic E-state index is -1.36. The van der Waals surface area contributed by atoms with Crippen molar-refractivity contribution in [2.75, 3.05) is 6.61 Å². The van der Waals surface area contributed by atoms with Gasteiger partial charge in [0.05, 0.1) is 17.5 Å². The summed E-state index contributed by atoms with van der Waals surface area (Å²) >= 11 is 0. The summed E-state index contributed by atoms with van der Waals surface area (Å²) in [5, 5.41) is 0.